The summed E-state index contributed by atoms with van der Waals surface area (Å²) in [6, 6.07) is 3.17. The van der Waals surface area contributed by atoms with E-state index >= 15 is 0 Å². The van der Waals surface area contributed by atoms with E-state index in [4.69, 9.17) is 0 Å². The van der Waals surface area contributed by atoms with Gasteiger partial charge in [-0.25, -0.2) is 4.98 Å². The normalized spacial score (nSPS) is 18.3. The third kappa shape index (κ3) is 3.51. The number of carbonyl (C=O) groups is 2. The van der Waals surface area contributed by atoms with E-state index in [0.29, 0.717) is 25.1 Å². The molecule has 1 aliphatic heterocycles. The van der Waals surface area contributed by atoms with Gasteiger partial charge in [-0.1, -0.05) is 13.8 Å². The molecular weight excluding hydrogens is 268 g/mol. The van der Waals surface area contributed by atoms with Crippen LogP contribution >= 0.6 is 0 Å². The summed E-state index contributed by atoms with van der Waals surface area (Å²) in [6.45, 7) is 5.89. The molecule has 2 amide bonds. The Balaban J connectivity index is 2.09. The smallest absolute Gasteiger partial charge is 0.256 e. The minimum Gasteiger partial charge on any atom is -0.370 e. The molecule has 0 aromatic carbocycles. The Kier molecular flexibility index (Phi) is 5.14. The average Bonchev–Trinajstić information content (AvgIpc) is 2.52. The molecule has 2 rings (SSSR count). The van der Waals surface area contributed by atoms with Gasteiger partial charge in [-0.2, -0.15) is 0 Å². The van der Waals surface area contributed by atoms with Gasteiger partial charge in [0, 0.05) is 25.8 Å². The topological polar surface area (TPSA) is 74.3 Å². The van der Waals surface area contributed by atoms with Crippen LogP contribution < -0.4 is 10.6 Å². The third-order valence-corrected chi connectivity index (χ3v) is 3.54. The first kappa shape index (κ1) is 15.3. The molecule has 0 saturated carbocycles. The predicted molar refractivity (Wildman–Crippen MR) is 81.1 cm³/mol. The van der Waals surface area contributed by atoms with Gasteiger partial charge in [-0.15, -0.1) is 0 Å². The van der Waals surface area contributed by atoms with Crippen LogP contribution in [0.3, 0.4) is 0 Å². The maximum atomic E-state index is 12.5. The Morgan fingerprint density at radius 2 is 2.29 bits per heavy atom. The van der Waals surface area contributed by atoms with Gasteiger partial charge in [0.15, 0.2) is 0 Å². The van der Waals surface area contributed by atoms with Gasteiger partial charge in [-0.05, 0) is 25.0 Å². The zero-order valence-corrected chi connectivity index (χ0v) is 12.6. The maximum absolute atomic E-state index is 12.5. The molecule has 1 aromatic rings. The molecule has 21 heavy (non-hydrogen) atoms. The largest absolute Gasteiger partial charge is 0.370 e. The lowest BCUT2D eigenvalue weighted by atomic mass is 10.1. The molecule has 1 unspecified atom stereocenters. The highest BCUT2D eigenvalue weighted by Gasteiger charge is 2.32. The molecule has 1 atom stereocenters. The lowest BCUT2D eigenvalue weighted by molar-refractivity contribution is -0.127. The summed E-state index contributed by atoms with van der Waals surface area (Å²) >= 11 is 0. The highest BCUT2D eigenvalue weighted by Crippen LogP contribution is 2.14. The summed E-state index contributed by atoms with van der Waals surface area (Å²) in [4.78, 5) is 30.2. The number of nitrogens with one attached hydrogen (secondary N) is 2. The van der Waals surface area contributed by atoms with Crippen LogP contribution in [-0.2, 0) is 4.79 Å². The Labute approximate surface area is 124 Å². The van der Waals surface area contributed by atoms with Crippen LogP contribution in [0.25, 0.3) is 0 Å². The number of hydrogen-bond acceptors (Lipinski definition) is 4. The van der Waals surface area contributed by atoms with Crippen molar-refractivity contribution in [3.8, 4) is 0 Å². The van der Waals surface area contributed by atoms with Crippen molar-refractivity contribution < 1.29 is 9.59 Å². The number of carbonyl (C=O) groups excluding carboxylic acids is 2. The first-order valence-electron chi connectivity index (χ1n) is 7.46. The predicted octanol–water partition coefficient (Wildman–Crippen LogP) is 1.25. The fraction of sp³-hybridized carbons (Fsp3) is 0.533. The first-order chi connectivity index (χ1) is 10.2. The van der Waals surface area contributed by atoms with Crippen molar-refractivity contribution >= 4 is 17.6 Å². The first-order valence-corrected chi connectivity index (χ1v) is 7.46. The lowest BCUT2D eigenvalue weighted by Gasteiger charge is -2.34. The van der Waals surface area contributed by atoms with Crippen LogP contribution in [0.4, 0.5) is 5.82 Å². The van der Waals surface area contributed by atoms with E-state index < -0.39 is 0 Å². The second-order valence-electron chi connectivity index (χ2n) is 5.07. The summed E-state index contributed by atoms with van der Waals surface area (Å²) in [5, 5.41) is 5.96. The Bertz CT molecular complexity index is 501. The van der Waals surface area contributed by atoms with Crippen molar-refractivity contribution in [3.05, 3.63) is 23.9 Å². The van der Waals surface area contributed by atoms with Gasteiger partial charge >= 0.3 is 0 Å². The molecule has 1 fully saturated rings. The van der Waals surface area contributed by atoms with Crippen molar-refractivity contribution in [2.45, 2.75) is 32.7 Å². The second-order valence-corrected chi connectivity index (χ2v) is 5.07. The summed E-state index contributed by atoms with van der Waals surface area (Å²) in [5.74, 6) is 0.550. The summed E-state index contributed by atoms with van der Waals surface area (Å²) < 4.78 is 0. The average molecular weight is 290 g/mol. The highest BCUT2D eigenvalue weighted by molar-refractivity contribution is 5.98. The SMILES string of the molecule is CCCNc1ccc(C(=O)N2CCNC(=O)C2CC)cn1. The summed E-state index contributed by atoms with van der Waals surface area (Å²) in [7, 11) is 0. The highest BCUT2D eigenvalue weighted by atomic mass is 16.2. The number of pyridine rings is 1. The van der Waals surface area contributed by atoms with E-state index in [1.807, 2.05) is 6.92 Å². The Morgan fingerprint density at radius 3 is 2.90 bits per heavy atom. The van der Waals surface area contributed by atoms with Gasteiger partial charge in [0.05, 0.1) is 5.56 Å². The number of amides is 2. The molecule has 6 nitrogen and oxygen atoms in total. The molecule has 0 aliphatic carbocycles. The molecule has 1 aromatic heterocycles. The van der Waals surface area contributed by atoms with Crippen LogP contribution in [0, 0.1) is 0 Å². The maximum Gasteiger partial charge on any atom is 0.256 e. The zero-order valence-electron chi connectivity index (χ0n) is 12.6. The molecule has 2 heterocycles. The van der Waals surface area contributed by atoms with E-state index in [0.717, 1.165) is 18.8 Å². The number of aromatic nitrogens is 1. The van der Waals surface area contributed by atoms with Gasteiger partial charge in [-0.3, -0.25) is 9.59 Å². The van der Waals surface area contributed by atoms with Gasteiger partial charge in [0.25, 0.3) is 5.91 Å². The van der Waals surface area contributed by atoms with Crippen molar-refractivity contribution in [1.82, 2.24) is 15.2 Å². The van der Waals surface area contributed by atoms with Crippen molar-refractivity contribution in [1.29, 1.82) is 0 Å². The van der Waals surface area contributed by atoms with Gasteiger partial charge in [0.2, 0.25) is 5.91 Å². The minimum absolute atomic E-state index is 0.0775. The minimum atomic E-state index is -0.385. The standard InChI is InChI=1S/C15H22N4O2/c1-3-7-16-13-6-5-11(10-18-13)15(21)19-9-8-17-14(20)12(19)4-2/h5-6,10,12H,3-4,7-9H2,1-2H3,(H,16,18)(H,17,20). The van der Waals surface area contributed by atoms with Crippen LogP contribution in [0.2, 0.25) is 0 Å². The monoisotopic (exact) mass is 290 g/mol. The Morgan fingerprint density at radius 1 is 1.48 bits per heavy atom. The van der Waals surface area contributed by atoms with Gasteiger partial charge < -0.3 is 15.5 Å². The number of rotatable bonds is 5. The van der Waals surface area contributed by atoms with Crippen LogP contribution in [0.15, 0.2) is 18.3 Å². The quantitative estimate of drug-likeness (QED) is 0.856. The molecule has 1 aliphatic rings. The molecule has 2 N–H and O–H groups in total. The number of piperazine rings is 1. The van der Waals surface area contributed by atoms with Crippen LogP contribution in [-0.4, -0.2) is 47.4 Å². The second kappa shape index (κ2) is 7.06. The number of anilines is 1. The van der Waals surface area contributed by atoms with E-state index in [2.05, 4.69) is 22.5 Å². The third-order valence-electron chi connectivity index (χ3n) is 3.54. The number of nitrogens with zero attached hydrogens (tertiary/aromatic N) is 2. The van der Waals surface area contributed by atoms with E-state index in [9.17, 15) is 9.59 Å². The molecule has 0 bridgehead atoms. The molecule has 0 radical (unpaired) electrons. The summed E-state index contributed by atoms with van der Waals surface area (Å²) in [5.41, 5.74) is 0.519. The van der Waals surface area contributed by atoms with E-state index in [1.165, 1.54) is 0 Å². The molecule has 0 spiro atoms. The number of hydrogen-bond donors (Lipinski definition) is 2. The van der Waals surface area contributed by atoms with E-state index in [-0.39, 0.29) is 17.9 Å². The van der Waals surface area contributed by atoms with Crippen molar-refractivity contribution in [3.63, 3.8) is 0 Å². The van der Waals surface area contributed by atoms with Gasteiger partial charge in [0.1, 0.15) is 11.9 Å². The molecule has 6 heteroatoms. The fourth-order valence-corrected chi connectivity index (χ4v) is 2.41. The van der Waals surface area contributed by atoms with E-state index in [1.54, 1.807) is 23.2 Å². The van der Waals surface area contributed by atoms with Crippen LogP contribution in [0.5, 0.6) is 0 Å². The molecule has 114 valence electrons. The summed E-state index contributed by atoms with van der Waals surface area (Å²) in [6.07, 6.45) is 3.20. The fourth-order valence-electron chi connectivity index (χ4n) is 2.41. The molecular formula is C15H22N4O2. The van der Waals surface area contributed by atoms with Crippen molar-refractivity contribution in [2.75, 3.05) is 25.0 Å². The zero-order chi connectivity index (χ0) is 15.2. The van der Waals surface area contributed by atoms with Crippen LogP contribution in [0.1, 0.15) is 37.0 Å². The van der Waals surface area contributed by atoms with Crippen molar-refractivity contribution in [2.24, 2.45) is 0 Å². The lowest BCUT2D eigenvalue weighted by Crippen LogP contribution is -2.56. The molecule has 1 saturated heterocycles. The Hall–Kier alpha value is -2.11.